The Labute approximate surface area is 245 Å². The number of benzene rings is 4. The molecule has 0 spiro atoms. The third kappa shape index (κ3) is 3.57. The Balaban J connectivity index is 0.000000759. The summed E-state index contributed by atoms with van der Waals surface area (Å²) in [6.07, 6.45) is 0. The van der Waals surface area contributed by atoms with E-state index in [0.29, 0.717) is 35.3 Å². The first kappa shape index (κ1) is 27.3. The molecule has 0 saturated heterocycles. The molecule has 0 radical (unpaired) electrons. The van der Waals surface area contributed by atoms with Gasteiger partial charge >= 0.3 is 0 Å². The molecule has 2 aliphatic rings. The summed E-state index contributed by atoms with van der Waals surface area (Å²) in [6, 6.07) is 23.3. The van der Waals surface area contributed by atoms with E-state index in [4.69, 9.17) is 10.2 Å². The molecule has 2 aromatic heterocycles. The Morgan fingerprint density at radius 3 is 1.17 bits per heavy atom. The second-order valence-electron chi connectivity index (χ2n) is 9.85. The number of rotatable bonds is 3. The molecule has 4 aromatic carbocycles. The average molecular weight is 555 g/mol. The summed E-state index contributed by atoms with van der Waals surface area (Å²) in [5.74, 6) is 0.0524. The number of carbonyl (C=O) groups is 2. The van der Waals surface area contributed by atoms with Crippen LogP contribution in [0.1, 0.15) is 73.4 Å². The summed E-state index contributed by atoms with van der Waals surface area (Å²) in [5.41, 5.74) is 10.0. The van der Waals surface area contributed by atoms with Gasteiger partial charge in [-0.1, -0.05) is 88.4 Å². The lowest BCUT2D eigenvalue weighted by Gasteiger charge is -2.18. The smallest absolute Gasteiger partial charge is 0.194 e. The van der Waals surface area contributed by atoms with Gasteiger partial charge in [0.25, 0.3) is 0 Å². The number of aromatic nitrogens is 4. The standard InChI is InChI=1S/C32H22N4O2.2C2H6/c1-3-35-29-19(13-15-23-25(29)27(33-35)17-9-5-7-11-21(17)31(23)37)20-14-16-24-26-28(34-36(4-2)30(20)26)18-10-6-8-12-22(18)32(24)38;2*1-2/h5-16H,3-4H2,1-2H3;2*1-2H3. The van der Waals surface area contributed by atoms with Crippen molar-refractivity contribution in [1.82, 2.24) is 19.6 Å². The van der Waals surface area contributed by atoms with Crippen molar-refractivity contribution in [2.24, 2.45) is 0 Å². The molecular formula is C36H34N4O2. The molecular weight excluding hydrogens is 520 g/mol. The molecule has 6 heteroatoms. The van der Waals surface area contributed by atoms with Crippen LogP contribution in [-0.4, -0.2) is 31.1 Å². The van der Waals surface area contributed by atoms with E-state index in [2.05, 4.69) is 13.8 Å². The Bertz CT molecular complexity index is 1900. The summed E-state index contributed by atoms with van der Waals surface area (Å²) in [7, 11) is 0. The highest BCUT2D eigenvalue weighted by Gasteiger charge is 2.33. The minimum atomic E-state index is 0.0262. The van der Waals surface area contributed by atoms with Crippen molar-refractivity contribution in [2.45, 2.75) is 54.6 Å². The van der Waals surface area contributed by atoms with Crippen LogP contribution >= 0.6 is 0 Å². The highest BCUT2D eigenvalue weighted by Crippen LogP contribution is 2.46. The molecule has 0 bridgehead atoms. The molecule has 8 rings (SSSR count). The first-order valence-electron chi connectivity index (χ1n) is 15.0. The minimum Gasteiger partial charge on any atom is -0.289 e. The molecule has 42 heavy (non-hydrogen) atoms. The summed E-state index contributed by atoms with van der Waals surface area (Å²) in [5, 5.41) is 11.8. The van der Waals surface area contributed by atoms with Crippen LogP contribution in [0.25, 0.3) is 55.4 Å². The van der Waals surface area contributed by atoms with Gasteiger partial charge in [0.1, 0.15) is 11.4 Å². The summed E-state index contributed by atoms with van der Waals surface area (Å²) >= 11 is 0. The van der Waals surface area contributed by atoms with E-state index >= 15 is 0 Å². The quantitative estimate of drug-likeness (QED) is 0.219. The lowest BCUT2D eigenvalue weighted by atomic mass is 9.84. The predicted molar refractivity (Wildman–Crippen MR) is 170 cm³/mol. The Morgan fingerprint density at radius 1 is 0.476 bits per heavy atom. The number of aryl methyl sites for hydroxylation is 2. The van der Waals surface area contributed by atoms with E-state index in [1.807, 2.05) is 110 Å². The van der Waals surface area contributed by atoms with Crippen LogP contribution < -0.4 is 0 Å². The van der Waals surface area contributed by atoms with Crippen molar-refractivity contribution in [3.63, 3.8) is 0 Å². The SMILES string of the molecule is CC.CC.CCn1nc2c3c(ccc(-c4ccc5c6c(nn(CC)c46)-c4ccccc4C5=O)c31)C(=O)c1ccccc1-2. The molecule has 6 nitrogen and oxygen atoms in total. The van der Waals surface area contributed by atoms with Gasteiger partial charge in [0.15, 0.2) is 11.6 Å². The van der Waals surface area contributed by atoms with Crippen molar-refractivity contribution >= 4 is 33.4 Å². The van der Waals surface area contributed by atoms with Gasteiger partial charge in [-0.05, 0) is 26.0 Å². The zero-order valence-electron chi connectivity index (χ0n) is 24.9. The molecule has 0 fully saturated rings. The number of fused-ring (bicyclic) bond motifs is 4. The third-order valence-corrected chi connectivity index (χ3v) is 8.02. The van der Waals surface area contributed by atoms with E-state index in [1.54, 1.807) is 0 Å². The van der Waals surface area contributed by atoms with E-state index < -0.39 is 0 Å². The molecule has 0 saturated carbocycles. The number of ketones is 2. The number of carbonyl (C=O) groups excluding carboxylic acids is 2. The van der Waals surface area contributed by atoms with Crippen molar-refractivity contribution in [1.29, 1.82) is 0 Å². The Hall–Kier alpha value is -4.84. The molecule has 0 unspecified atom stereocenters. The number of nitrogens with zero attached hydrogens (tertiary/aromatic N) is 4. The zero-order valence-corrected chi connectivity index (χ0v) is 24.9. The Kier molecular flexibility index (Phi) is 6.85. The van der Waals surface area contributed by atoms with Crippen LogP contribution in [0.4, 0.5) is 0 Å². The molecule has 2 heterocycles. The highest BCUT2D eigenvalue weighted by atomic mass is 16.1. The predicted octanol–water partition coefficient (Wildman–Crippen LogP) is 8.57. The maximum absolute atomic E-state index is 13.5. The molecule has 0 N–H and O–H groups in total. The molecule has 6 aromatic rings. The topological polar surface area (TPSA) is 69.8 Å². The van der Waals surface area contributed by atoms with Gasteiger partial charge in [-0.15, -0.1) is 0 Å². The minimum absolute atomic E-state index is 0.0262. The zero-order chi connectivity index (χ0) is 29.7. The van der Waals surface area contributed by atoms with Crippen molar-refractivity contribution in [3.05, 3.63) is 95.1 Å². The number of hydrogen-bond acceptors (Lipinski definition) is 4. The molecule has 210 valence electrons. The van der Waals surface area contributed by atoms with Crippen molar-refractivity contribution < 1.29 is 9.59 Å². The maximum atomic E-state index is 13.5. The van der Waals surface area contributed by atoms with Crippen LogP contribution in [0, 0.1) is 0 Å². The van der Waals surface area contributed by atoms with E-state index in [-0.39, 0.29) is 11.6 Å². The van der Waals surface area contributed by atoms with Gasteiger partial charge in [0.2, 0.25) is 0 Å². The number of hydrogen-bond donors (Lipinski definition) is 0. The fraction of sp³-hybridized carbons (Fsp3) is 0.222. The maximum Gasteiger partial charge on any atom is 0.194 e. The van der Waals surface area contributed by atoms with Crippen LogP contribution in [-0.2, 0) is 13.1 Å². The molecule has 0 atom stereocenters. The molecule has 0 amide bonds. The van der Waals surface area contributed by atoms with Gasteiger partial charge < -0.3 is 0 Å². The molecule has 2 aliphatic carbocycles. The van der Waals surface area contributed by atoms with Crippen LogP contribution in [0.3, 0.4) is 0 Å². The van der Waals surface area contributed by atoms with Crippen LogP contribution in [0.5, 0.6) is 0 Å². The lowest BCUT2D eigenvalue weighted by molar-refractivity contribution is 0.103. The van der Waals surface area contributed by atoms with E-state index in [9.17, 15) is 9.59 Å². The largest absolute Gasteiger partial charge is 0.289 e. The lowest BCUT2D eigenvalue weighted by Crippen LogP contribution is -2.09. The van der Waals surface area contributed by atoms with E-state index in [1.165, 1.54) is 0 Å². The summed E-state index contributed by atoms with van der Waals surface area (Å²) in [6.45, 7) is 13.5. The third-order valence-electron chi connectivity index (χ3n) is 8.02. The van der Waals surface area contributed by atoms with Crippen LogP contribution in [0.2, 0.25) is 0 Å². The average Bonchev–Trinajstić information content (AvgIpc) is 3.65. The molecule has 0 aliphatic heterocycles. The van der Waals surface area contributed by atoms with E-state index in [0.717, 1.165) is 55.4 Å². The second-order valence-corrected chi connectivity index (χ2v) is 9.85. The first-order chi connectivity index (χ1) is 20.6. The van der Waals surface area contributed by atoms with Crippen LogP contribution in [0.15, 0.2) is 72.8 Å². The highest BCUT2D eigenvalue weighted by molar-refractivity contribution is 6.29. The van der Waals surface area contributed by atoms with Gasteiger partial charge in [-0.2, -0.15) is 10.2 Å². The van der Waals surface area contributed by atoms with Gasteiger partial charge in [-0.3, -0.25) is 19.0 Å². The Morgan fingerprint density at radius 2 is 0.810 bits per heavy atom. The van der Waals surface area contributed by atoms with Gasteiger partial charge in [0, 0.05) is 68.4 Å². The van der Waals surface area contributed by atoms with Crippen molar-refractivity contribution in [3.8, 4) is 33.6 Å². The van der Waals surface area contributed by atoms with Crippen molar-refractivity contribution in [2.75, 3.05) is 0 Å². The van der Waals surface area contributed by atoms with Gasteiger partial charge in [-0.25, -0.2) is 0 Å². The second kappa shape index (κ2) is 10.5. The summed E-state index contributed by atoms with van der Waals surface area (Å²) < 4.78 is 4.00. The summed E-state index contributed by atoms with van der Waals surface area (Å²) in [4.78, 5) is 27.0. The fourth-order valence-electron chi connectivity index (χ4n) is 6.35. The van der Waals surface area contributed by atoms with Gasteiger partial charge in [0.05, 0.1) is 11.0 Å². The fourth-order valence-corrected chi connectivity index (χ4v) is 6.35. The normalized spacial score (nSPS) is 12.3. The first-order valence-corrected chi connectivity index (χ1v) is 15.0. The monoisotopic (exact) mass is 554 g/mol.